The predicted molar refractivity (Wildman–Crippen MR) is 62.6 cm³/mol. The third kappa shape index (κ3) is 4.18. The van der Waals surface area contributed by atoms with Crippen LogP contribution in [0, 0.1) is 11.7 Å². The van der Waals surface area contributed by atoms with Crippen LogP contribution in [0.5, 0.6) is 0 Å². The molecule has 1 N–H and O–H groups in total. The Kier molecular flexibility index (Phi) is 5.06. The van der Waals surface area contributed by atoms with Crippen molar-refractivity contribution in [3.8, 4) is 0 Å². The lowest BCUT2D eigenvalue weighted by Gasteiger charge is -2.10. The molecule has 1 atom stereocenters. The van der Waals surface area contributed by atoms with Crippen molar-refractivity contribution in [2.45, 2.75) is 26.8 Å². The van der Waals surface area contributed by atoms with Gasteiger partial charge in [0.2, 0.25) is 0 Å². The topological polar surface area (TPSA) is 12.0 Å². The minimum Gasteiger partial charge on any atom is -0.312 e. The van der Waals surface area contributed by atoms with Gasteiger partial charge in [0.05, 0.1) is 5.02 Å². The summed E-state index contributed by atoms with van der Waals surface area (Å²) in [4.78, 5) is 0. The van der Waals surface area contributed by atoms with Gasteiger partial charge in [0.15, 0.2) is 0 Å². The van der Waals surface area contributed by atoms with Crippen molar-refractivity contribution >= 4 is 11.6 Å². The third-order valence-electron chi connectivity index (χ3n) is 2.50. The van der Waals surface area contributed by atoms with Gasteiger partial charge in [0.1, 0.15) is 5.82 Å². The summed E-state index contributed by atoms with van der Waals surface area (Å²) in [7, 11) is 0. The van der Waals surface area contributed by atoms with Gasteiger partial charge >= 0.3 is 0 Å². The van der Waals surface area contributed by atoms with Crippen molar-refractivity contribution in [2.75, 3.05) is 6.54 Å². The zero-order valence-electron chi connectivity index (χ0n) is 9.19. The molecule has 0 aliphatic heterocycles. The molecule has 1 aromatic rings. The van der Waals surface area contributed by atoms with Gasteiger partial charge in [-0.3, -0.25) is 0 Å². The minimum absolute atomic E-state index is 0.181. The van der Waals surface area contributed by atoms with Crippen molar-refractivity contribution in [2.24, 2.45) is 5.92 Å². The van der Waals surface area contributed by atoms with Gasteiger partial charge in [-0.05, 0) is 30.2 Å². The summed E-state index contributed by atoms with van der Waals surface area (Å²) in [6, 6.07) is 4.91. The number of hydrogen-bond donors (Lipinski definition) is 1. The van der Waals surface area contributed by atoms with E-state index in [0.717, 1.165) is 18.5 Å². The standard InChI is InChI=1S/C12H17ClFN/c1-3-9(2)7-15-8-10-4-5-11(13)12(14)6-10/h4-6,9,15H,3,7-8H2,1-2H3. The molecule has 1 nitrogen and oxygen atoms in total. The van der Waals surface area contributed by atoms with Gasteiger partial charge in [-0.15, -0.1) is 0 Å². The largest absolute Gasteiger partial charge is 0.312 e. The molecule has 0 aliphatic carbocycles. The molecule has 0 heterocycles. The minimum atomic E-state index is -0.348. The van der Waals surface area contributed by atoms with Crippen LogP contribution in [0.1, 0.15) is 25.8 Å². The van der Waals surface area contributed by atoms with E-state index in [1.165, 1.54) is 6.07 Å². The number of hydrogen-bond acceptors (Lipinski definition) is 1. The average Bonchev–Trinajstić information content (AvgIpc) is 2.23. The SMILES string of the molecule is CCC(C)CNCc1ccc(Cl)c(F)c1. The van der Waals surface area contributed by atoms with Gasteiger partial charge in [-0.2, -0.15) is 0 Å². The summed E-state index contributed by atoms with van der Waals surface area (Å²) in [6.07, 6.45) is 1.15. The van der Waals surface area contributed by atoms with E-state index >= 15 is 0 Å². The second-order valence-corrected chi connectivity index (χ2v) is 4.30. The van der Waals surface area contributed by atoms with Crippen LogP contribution in [-0.4, -0.2) is 6.54 Å². The van der Waals surface area contributed by atoms with Crippen LogP contribution >= 0.6 is 11.6 Å². The van der Waals surface area contributed by atoms with Crippen LogP contribution in [0.3, 0.4) is 0 Å². The van der Waals surface area contributed by atoms with Crippen molar-refractivity contribution in [1.82, 2.24) is 5.32 Å². The molecular weight excluding hydrogens is 213 g/mol. The van der Waals surface area contributed by atoms with Gasteiger partial charge in [-0.25, -0.2) is 4.39 Å². The fourth-order valence-corrected chi connectivity index (χ4v) is 1.37. The fourth-order valence-electron chi connectivity index (χ4n) is 1.26. The second-order valence-electron chi connectivity index (χ2n) is 3.89. The zero-order chi connectivity index (χ0) is 11.3. The van der Waals surface area contributed by atoms with E-state index in [1.54, 1.807) is 6.07 Å². The Morgan fingerprint density at radius 3 is 2.80 bits per heavy atom. The molecule has 0 aliphatic rings. The first-order valence-electron chi connectivity index (χ1n) is 5.28. The van der Waals surface area contributed by atoms with Crippen molar-refractivity contribution < 1.29 is 4.39 Å². The first kappa shape index (κ1) is 12.5. The molecule has 0 saturated heterocycles. The summed E-state index contributed by atoms with van der Waals surface area (Å²) < 4.78 is 13.1. The maximum Gasteiger partial charge on any atom is 0.142 e. The van der Waals surface area contributed by atoms with Crippen LogP contribution in [0.4, 0.5) is 4.39 Å². The monoisotopic (exact) mass is 229 g/mol. The fraction of sp³-hybridized carbons (Fsp3) is 0.500. The van der Waals surface area contributed by atoms with Gasteiger partial charge < -0.3 is 5.32 Å². The molecule has 1 unspecified atom stereocenters. The van der Waals surface area contributed by atoms with Gasteiger partial charge in [-0.1, -0.05) is 37.9 Å². The molecule has 0 bridgehead atoms. The molecule has 1 aromatic carbocycles. The Hall–Kier alpha value is -0.600. The van der Waals surface area contributed by atoms with Crippen molar-refractivity contribution in [1.29, 1.82) is 0 Å². The normalized spacial score (nSPS) is 12.8. The van der Waals surface area contributed by atoms with Crippen molar-refractivity contribution in [3.05, 3.63) is 34.6 Å². The number of nitrogens with one attached hydrogen (secondary N) is 1. The maximum absolute atomic E-state index is 13.1. The molecule has 0 amide bonds. The zero-order valence-corrected chi connectivity index (χ0v) is 9.94. The van der Waals surface area contributed by atoms with E-state index in [1.807, 2.05) is 6.07 Å². The summed E-state index contributed by atoms with van der Waals surface area (Å²) in [5, 5.41) is 3.47. The third-order valence-corrected chi connectivity index (χ3v) is 2.81. The summed E-state index contributed by atoms with van der Waals surface area (Å²) >= 11 is 5.59. The van der Waals surface area contributed by atoms with Crippen LogP contribution < -0.4 is 5.32 Å². The molecule has 15 heavy (non-hydrogen) atoms. The smallest absolute Gasteiger partial charge is 0.142 e. The molecule has 84 valence electrons. The molecule has 0 fully saturated rings. The number of halogens is 2. The molecule has 0 spiro atoms. The van der Waals surface area contributed by atoms with Gasteiger partial charge in [0.25, 0.3) is 0 Å². The Labute approximate surface area is 95.6 Å². The molecule has 0 radical (unpaired) electrons. The van der Waals surface area contributed by atoms with E-state index in [2.05, 4.69) is 19.2 Å². The Bertz CT molecular complexity index is 314. The predicted octanol–water partition coefficient (Wildman–Crippen LogP) is 3.61. The summed E-state index contributed by atoms with van der Waals surface area (Å²) in [6.45, 7) is 6.00. The first-order chi connectivity index (χ1) is 7.13. The molecule has 3 heteroatoms. The number of benzene rings is 1. The Morgan fingerprint density at radius 2 is 2.20 bits per heavy atom. The van der Waals surface area contributed by atoms with E-state index in [-0.39, 0.29) is 10.8 Å². The lowest BCUT2D eigenvalue weighted by molar-refractivity contribution is 0.499. The Balaban J connectivity index is 2.41. The highest BCUT2D eigenvalue weighted by Crippen LogP contribution is 2.15. The van der Waals surface area contributed by atoms with Crippen LogP contribution in [0.2, 0.25) is 5.02 Å². The van der Waals surface area contributed by atoms with E-state index < -0.39 is 0 Å². The molecule has 1 rings (SSSR count). The molecule has 0 aromatic heterocycles. The lowest BCUT2D eigenvalue weighted by Crippen LogP contribution is -2.20. The lowest BCUT2D eigenvalue weighted by atomic mass is 10.1. The van der Waals surface area contributed by atoms with Crippen LogP contribution in [0.15, 0.2) is 18.2 Å². The van der Waals surface area contributed by atoms with E-state index in [0.29, 0.717) is 12.5 Å². The van der Waals surface area contributed by atoms with Crippen LogP contribution in [0.25, 0.3) is 0 Å². The highest BCUT2D eigenvalue weighted by Gasteiger charge is 2.01. The second kappa shape index (κ2) is 6.09. The number of rotatable bonds is 5. The van der Waals surface area contributed by atoms with Gasteiger partial charge in [0, 0.05) is 6.54 Å². The maximum atomic E-state index is 13.1. The van der Waals surface area contributed by atoms with E-state index in [4.69, 9.17) is 11.6 Å². The highest BCUT2D eigenvalue weighted by atomic mass is 35.5. The average molecular weight is 230 g/mol. The first-order valence-corrected chi connectivity index (χ1v) is 5.66. The summed E-state index contributed by atoms with van der Waals surface area (Å²) in [5.41, 5.74) is 0.931. The Morgan fingerprint density at radius 1 is 1.47 bits per heavy atom. The molecular formula is C12H17ClFN. The van der Waals surface area contributed by atoms with Crippen LogP contribution in [-0.2, 0) is 6.54 Å². The highest BCUT2D eigenvalue weighted by molar-refractivity contribution is 6.30. The van der Waals surface area contributed by atoms with Crippen molar-refractivity contribution in [3.63, 3.8) is 0 Å². The molecule has 0 saturated carbocycles. The summed E-state index contributed by atoms with van der Waals surface area (Å²) in [5.74, 6) is 0.307. The quantitative estimate of drug-likeness (QED) is 0.813. The van der Waals surface area contributed by atoms with E-state index in [9.17, 15) is 4.39 Å².